The summed E-state index contributed by atoms with van der Waals surface area (Å²) in [4.78, 5) is 13.5. The topological polar surface area (TPSA) is 63.0 Å². The Morgan fingerprint density at radius 3 is 3.18 bits per heavy atom. The molecule has 5 nitrogen and oxygen atoms in total. The minimum Gasteiger partial charge on any atom is -0.310 e. The van der Waals surface area contributed by atoms with Gasteiger partial charge in [-0.3, -0.25) is 4.79 Å². The van der Waals surface area contributed by atoms with E-state index in [2.05, 4.69) is 15.2 Å². The van der Waals surface area contributed by atoms with Crippen molar-refractivity contribution in [3.8, 4) is 0 Å². The Bertz CT molecular complexity index is 441. The van der Waals surface area contributed by atoms with Crippen LogP contribution in [0.3, 0.4) is 0 Å². The van der Waals surface area contributed by atoms with E-state index in [4.69, 9.17) is 0 Å². The minimum atomic E-state index is -0.166. The van der Waals surface area contributed by atoms with Crippen LogP contribution in [0.2, 0.25) is 0 Å². The van der Waals surface area contributed by atoms with E-state index in [1.54, 1.807) is 6.07 Å². The summed E-state index contributed by atoms with van der Waals surface area (Å²) in [6, 6.07) is 1.69. The summed E-state index contributed by atoms with van der Waals surface area (Å²) in [5, 5.41) is 7.77. The van der Waals surface area contributed by atoms with Crippen LogP contribution < -0.4 is 5.56 Å². The molecule has 0 fully saturated rings. The highest BCUT2D eigenvalue weighted by Crippen LogP contribution is 1.95. The molecular weight excluding hydrogens is 144 g/mol. The third kappa shape index (κ3) is 0.813. The molecule has 0 radical (unpaired) electrons. The summed E-state index contributed by atoms with van der Waals surface area (Å²) in [5.74, 6) is 0. The van der Waals surface area contributed by atoms with Gasteiger partial charge in [0.2, 0.25) is 0 Å². The van der Waals surface area contributed by atoms with Crippen LogP contribution in [0.4, 0.5) is 0 Å². The van der Waals surface area contributed by atoms with Crippen LogP contribution in [0.25, 0.3) is 5.52 Å². The van der Waals surface area contributed by atoms with Crippen molar-refractivity contribution in [2.24, 2.45) is 0 Å². The molecule has 0 saturated heterocycles. The zero-order valence-electron chi connectivity index (χ0n) is 5.90. The Kier molecular flexibility index (Phi) is 1.06. The van der Waals surface area contributed by atoms with Crippen molar-refractivity contribution in [3.05, 3.63) is 28.4 Å². The number of nitrogens with zero attached hydrogens (tertiary/aromatic N) is 3. The van der Waals surface area contributed by atoms with Crippen molar-refractivity contribution < 1.29 is 0 Å². The van der Waals surface area contributed by atoms with Gasteiger partial charge in [0, 0.05) is 0 Å². The third-order valence-corrected chi connectivity index (χ3v) is 1.41. The molecule has 0 spiro atoms. The second-order valence-electron chi connectivity index (χ2n) is 2.28. The zero-order chi connectivity index (χ0) is 7.84. The van der Waals surface area contributed by atoms with E-state index in [0.29, 0.717) is 5.52 Å². The van der Waals surface area contributed by atoms with E-state index in [1.165, 1.54) is 11.0 Å². The summed E-state index contributed by atoms with van der Waals surface area (Å²) < 4.78 is 1.31. The fourth-order valence-corrected chi connectivity index (χ4v) is 0.948. The summed E-state index contributed by atoms with van der Waals surface area (Å²) in [7, 11) is 0. The molecule has 2 heterocycles. The van der Waals surface area contributed by atoms with Gasteiger partial charge in [0.15, 0.2) is 5.52 Å². The first-order valence-electron chi connectivity index (χ1n) is 3.18. The molecule has 0 atom stereocenters. The number of hydrogen-bond donors (Lipinski definition) is 1. The molecule has 11 heavy (non-hydrogen) atoms. The quantitative estimate of drug-likeness (QED) is 0.562. The summed E-state index contributed by atoms with van der Waals surface area (Å²) in [5.41, 5.74) is 1.10. The van der Waals surface area contributed by atoms with Crippen LogP contribution in [-0.2, 0) is 0 Å². The smallest absolute Gasteiger partial charge is 0.276 e. The van der Waals surface area contributed by atoms with Gasteiger partial charge in [-0.15, -0.1) is 9.73 Å². The van der Waals surface area contributed by atoms with Gasteiger partial charge in [0.25, 0.3) is 5.56 Å². The number of aryl methyl sites for hydroxylation is 1. The second-order valence-corrected chi connectivity index (χ2v) is 2.28. The first-order chi connectivity index (χ1) is 5.27. The summed E-state index contributed by atoms with van der Waals surface area (Å²) in [6.45, 7) is 1.81. The first kappa shape index (κ1) is 6.09. The number of rotatable bonds is 0. The normalized spacial score (nSPS) is 10.6. The Morgan fingerprint density at radius 2 is 2.45 bits per heavy atom. The highest BCUT2D eigenvalue weighted by molar-refractivity contribution is 5.42. The van der Waals surface area contributed by atoms with Gasteiger partial charge >= 0.3 is 0 Å². The molecule has 0 aliphatic carbocycles. The van der Waals surface area contributed by atoms with Crippen molar-refractivity contribution in [2.45, 2.75) is 6.92 Å². The predicted octanol–water partition coefficient (Wildman–Crippen LogP) is -0.274. The molecule has 1 N–H and O–H groups in total. The molecule has 0 bridgehead atoms. The van der Waals surface area contributed by atoms with Crippen LogP contribution in [0.1, 0.15) is 5.69 Å². The van der Waals surface area contributed by atoms with Gasteiger partial charge in [-0.1, -0.05) is 0 Å². The molecule has 0 aliphatic heterocycles. The van der Waals surface area contributed by atoms with E-state index >= 15 is 0 Å². The van der Waals surface area contributed by atoms with Gasteiger partial charge in [0.05, 0.1) is 5.69 Å². The largest absolute Gasteiger partial charge is 0.310 e. The molecule has 5 heteroatoms. The van der Waals surface area contributed by atoms with Crippen LogP contribution >= 0.6 is 0 Å². The fourth-order valence-electron chi connectivity index (χ4n) is 0.948. The maximum atomic E-state index is 11.0. The van der Waals surface area contributed by atoms with Crippen molar-refractivity contribution in [3.63, 3.8) is 0 Å². The van der Waals surface area contributed by atoms with Crippen molar-refractivity contribution in [2.75, 3.05) is 0 Å². The number of H-pyrrole nitrogens is 1. The molecule has 2 aromatic heterocycles. The van der Waals surface area contributed by atoms with Crippen LogP contribution in [-0.4, -0.2) is 19.8 Å². The fraction of sp³-hybridized carbons (Fsp3) is 0.167. The van der Waals surface area contributed by atoms with Crippen LogP contribution in [0.15, 0.2) is 17.2 Å². The minimum absolute atomic E-state index is 0.166. The van der Waals surface area contributed by atoms with E-state index in [9.17, 15) is 4.79 Å². The third-order valence-electron chi connectivity index (χ3n) is 1.41. The van der Waals surface area contributed by atoms with Crippen molar-refractivity contribution in [1.29, 1.82) is 0 Å². The lowest BCUT2D eigenvalue weighted by atomic mass is 10.4. The van der Waals surface area contributed by atoms with Crippen LogP contribution in [0.5, 0.6) is 0 Å². The standard InChI is InChI=1S/C6H6N4O/c1-4-2-5-6(11)7-3-8-10(5)9-4/h2-3H,1H3,(H,7,8,11). The molecule has 0 amide bonds. The molecule has 56 valence electrons. The van der Waals surface area contributed by atoms with Gasteiger partial charge in [-0.05, 0) is 13.0 Å². The highest BCUT2D eigenvalue weighted by atomic mass is 16.1. The number of hydrogen-bond acceptors (Lipinski definition) is 3. The average Bonchev–Trinajstić information content (AvgIpc) is 2.31. The highest BCUT2D eigenvalue weighted by Gasteiger charge is 1.99. The Hall–Kier alpha value is -1.65. The number of nitrogens with one attached hydrogen (secondary N) is 1. The lowest BCUT2D eigenvalue weighted by Gasteiger charge is -1.85. The SMILES string of the molecule is Cc1cc2c(=O)[nH]cnn2n1. The first-order valence-corrected chi connectivity index (χ1v) is 3.18. The molecule has 0 unspecified atom stereocenters. The molecule has 0 saturated carbocycles. The Balaban J connectivity index is 3.02. The lowest BCUT2D eigenvalue weighted by molar-refractivity contribution is 0.763. The number of fused-ring (bicyclic) bond motifs is 1. The van der Waals surface area contributed by atoms with Crippen molar-refractivity contribution in [1.82, 2.24) is 19.8 Å². The van der Waals surface area contributed by atoms with E-state index < -0.39 is 0 Å². The molecule has 0 aliphatic rings. The Morgan fingerprint density at radius 1 is 1.64 bits per heavy atom. The molecular formula is C6H6N4O. The maximum absolute atomic E-state index is 11.0. The summed E-state index contributed by atoms with van der Waals surface area (Å²) >= 11 is 0. The zero-order valence-corrected chi connectivity index (χ0v) is 5.90. The number of aromatic nitrogens is 4. The average molecular weight is 150 g/mol. The predicted molar refractivity (Wildman–Crippen MR) is 38.3 cm³/mol. The van der Waals surface area contributed by atoms with Crippen LogP contribution in [0, 0.1) is 6.92 Å². The molecule has 2 rings (SSSR count). The summed E-state index contributed by atoms with van der Waals surface area (Å²) in [6.07, 6.45) is 1.32. The number of aromatic amines is 1. The maximum Gasteiger partial charge on any atom is 0.276 e. The molecule has 2 aromatic rings. The monoisotopic (exact) mass is 150 g/mol. The van der Waals surface area contributed by atoms with E-state index in [-0.39, 0.29) is 5.56 Å². The second kappa shape index (κ2) is 1.91. The van der Waals surface area contributed by atoms with Gasteiger partial charge in [-0.2, -0.15) is 5.10 Å². The molecule has 0 aromatic carbocycles. The van der Waals surface area contributed by atoms with Gasteiger partial charge in [-0.25, -0.2) is 0 Å². The van der Waals surface area contributed by atoms with E-state index in [0.717, 1.165) is 5.69 Å². The van der Waals surface area contributed by atoms with Gasteiger partial charge < -0.3 is 4.98 Å². The lowest BCUT2D eigenvalue weighted by Crippen LogP contribution is -2.10. The van der Waals surface area contributed by atoms with E-state index in [1.807, 2.05) is 6.92 Å². The van der Waals surface area contributed by atoms with Crippen molar-refractivity contribution >= 4 is 5.52 Å². The Labute approximate surface area is 61.7 Å². The van der Waals surface area contributed by atoms with Gasteiger partial charge in [0.1, 0.15) is 6.33 Å².